The van der Waals surface area contributed by atoms with Crippen molar-refractivity contribution in [2.75, 3.05) is 31.1 Å². The monoisotopic (exact) mass is 780 g/mol. The Morgan fingerprint density at radius 3 is 1.66 bits per heavy atom. The number of rotatable bonds is 8. The van der Waals surface area contributed by atoms with E-state index in [1.165, 1.54) is 25.1 Å². The van der Waals surface area contributed by atoms with E-state index in [1.807, 2.05) is 6.07 Å². The van der Waals surface area contributed by atoms with Crippen molar-refractivity contribution in [3.63, 3.8) is 0 Å². The summed E-state index contributed by atoms with van der Waals surface area (Å²) in [5, 5.41) is 23.1. The molecule has 1 heterocycles. The molecule has 3 atom stereocenters. The van der Waals surface area contributed by atoms with Crippen LogP contribution in [0.4, 0.5) is 18.9 Å². The van der Waals surface area contributed by atoms with Crippen molar-refractivity contribution < 1.29 is 32.9 Å². The Bertz CT molecular complexity index is 1530. The quantitative estimate of drug-likeness (QED) is 0.200. The molecule has 0 radical (unpaired) electrons. The van der Waals surface area contributed by atoms with Crippen LogP contribution in [0.5, 0.6) is 0 Å². The zero-order valence-corrected chi connectivity index (χ0v) is 29.5. The van der Waals surface area contributed by atoms with Gasteiger partial charge in [-0.2, -0.15) is 0 Å². The van der Waals surface area contributed by atoms with Gasteiger partial charge in [-0.15, -0.1) is 0 Å². The zero-order chi connectivity index (χ0) is 33.7. The summed E-state index contributed by atoms with van der Waals surface area (Å²) in [5.41, 5.74) is 3.14. The van der Waals surface area contributed by atoms with Gasteiger partial charge in [0.15, 0.2) is 0 Å². The van der Waals surface area contributed by atoms with Gasteiger partial charge in [0.1, 0.15) is 23.6 Å². The molecule has 47 heavy (non-hydrogen) atoms. The molecule has 1 unspecified atom stereocenters. The van der Waals surface area contributed by atoms with E-state index in [0.717, 1.165) is 81.4 Å². The van der Waals surface area contributed by atoms with Gasteiger partial charge < -0.3 is 25.2 Å². The summed E-state index contributed by atoms with van der Waals surface area (Å²) >= 11 is 6.23. The first-order chi connectivity index (χ1) is 22.5. The van der Waals surface area contributed by atoms with Gasteiger partial charge in [0.05, 0.1) is 26.8 Å². The molecular formula is C36H41Br2F3N2O4. The summed E-state index contributed by atoms with van der Waals surface area (Å²) < 4.78 is 45.9. The van der Waals surface area contributed by atoms with Crippen LogP contribution in [0.2, 0.25) is 0 Å². The van der Waals surface area contributed by atoms with Crippen LogP contribution >= 0.6 is 31.9 Å². The van der Waals surface area contributed by atoms with Crippen LogP contribution in [0.25, 0.3) is 0 Å². The van der Waals surface area contributed by atoms with Gasteiger partial charge in [-0.25, -0.2) is 13.2 Å². The van der Waals surface area contributed by atoms with E-state index in [-0.39, 0.29) is 29.5 Å². The van der Waals surface area contributed by atoms with Crippen LogP contribution < -0.4 is 10.2 Å². The minimum absolute atomic E-state index is 0.191. The number of aliphatic hydroxyl groups is 2. The molecule has 3 N–H and O–H groups in total. The second-order valence-electron chi connectivity index (χ2n) is 12.7. The Balaban J connectivity index is 0.000000140. The SMILES string of the molecule is CC(=O)O[C@@H](c1ccc(F)c(Br)c1)C1CC1.OC(c1ccc(F)c(Br)c1)C1CC1.O[C@@H](c1ccc(F)c(N2CCNCC2)c1)C1CC1. The van der Waals surface area contributed by atoms with Crippen molar-refractivity contribution in [1.29, 1.82) is 0 Å². The topological polar surface area (TPSA) is 82.0 Å². The first-order valence-corrected chi connectivity index (χ1v) is 17.8. The van der Waals surface area contributed by atoms with Crippen molar-refractivity contribution in [1.82, 2.24) is 5.32 Å². The molecule has 3 aromatic carbocycles. The standard InChI is InChI=1S/C14H19FN2O.C12H12BrFO2.C10H10BrFO/c15-12-4-3-11(14(18)10-1-2-10)9-13(12)17-7-5-16-6-8-17;1-7(15)16-12(8-2-3-8)9-4-5-11(14)10(13)6-9;11-8-5-7(3-4-9(8)12)10(13)6-1-2-6/h3-4,9-10,14,16,18H,1-2,5-8H2;4-6,8,12H,2-3H2,1H3;3-6,10,13H,1-2H2/t14-;12-;/m11./s1. The number of carbonyl (C=O) groups is 1. The lowest BCUT2D eigenvalue weighted by Gasteiger charge is -2.30. The van der Waals surface area contributed by atoms with Crippen LogP contribution in [0, 0.1) is 35.2 Å². The van der Waals surface area contributed by atoms with Gasteiger partial charge in [0.25, 0.3) is 0 Å². The van der Waals surface area contributed by atoms with E-state index in [0.29, 0.717) is 32.4 Å². The number of esters is 1. The molecule has 3 saturated carbocycles. The fourth-order valence-electron chi connectivity index (χ4n) is 5.63. The fourth-order valence-corrected chi connectivity index (χ4v) is 6.42. The van der Waals surface area contributed by atoms with Gasteiger partial charge in [-0.1, -0.05) is 18.2 Å². The van der Waals surface area contributed by atoms with Gasteiger partial charge in [-0.05, 0) is 135 Å². The lowest BCUT2D eigenvalue weighted by Crippen LogP contribution is -2.43. The number of nitrogens with one attached hydrogen (secondary N) is 1. The Hall–Kier alpha value is -2.44. The summed E-state index contributed by atoms with van der Waals surface area (Å²) in [5.74, 6) is 0.0822. The Labute approximate surface area is 291 Å². The maximum Gasteiger partial charge on any atom is 0.303 e. The molecule has 4 aliphatic rings. The Morgan fingerprint density at radius 2 is 1.19 bits per heavy atom. The van der Waals surface area contributed by atoms with E-state index in [1.54, 1.807) is 30.3 Å². The molecule has 1 aliphatic heterocycles. The van der Waals surface area contributed by atoms with Crippen LogP contribution in [-0.2, 0) is 9.53 Å². The first kappa shape index (κ1) is 35.9. The molecule has 0 aromatic heterocycles. The first-order valence-electron chi connectivity index (χ1n) is 16.2. The second kappa shape index (κ2) is 16.3. The molecule has 254 valence electrons. The lowest BCUT2D eigenvalue weighted by atomic mass is 10.0. The van der Waals surface area contributed by atoms with Gasteiger partial charge >= 0.3 is 5.97 Å². The Morgan fingerprint density at radius 1 is 0.745 bits per heavy atom. The number of hydrogen-bond acceptors (Lipinski definition) is 6. The van der Waals surface area contributed by atoms with Crippen molar-refractivity contribution >= 4 is 43.5 Å². The molecule has 6 nitrogen and oxygen atoms in total. The number of ether oxygens (including phenoxy) is 1. The van der Waals surface area contributed by atoms with Crippen LogP contribution in [0.15, 0.2) is 63.5 Å². The molecular weight excluding hydrogens is 741 g/mol. The molecule has 3 aliphatic carbocycles. The molecule has 0 amide bonds. The average molecular weight is 783 g/mol. The zero-order valence-electron chi connectivity index (χ0n) is 26.3. The number of benzene rings is 3. The summed E-state index contributed by atoms with van der Waals surface area (Å²) in [7, 11) is 0. The molecule has 1 saturated heterocycles. The molecule has 0 bridgehead atoms. The van der Waals surface area contributed by atoms with Gasteiger partial charge in [0, 0.05) is 39.0 Å². The highest BCUT2D eigenvalue weighted by Gasteiger charge is 2.35. The third kappa shape index (κ3) is 10.3. The average Bonchev–Trinajstić information content (AvgIpc) is 3.90. The maximum atomic E-state index is 13.9. The summed E-state index contributed by atoms with van der Waals surface area (Å²) in [4.78, 5) is 13.1. The minimum Gasteiger partial charge on any atom is -0.457 e. The third-order valence-corrected chi connectivity index (χ3v) is 10.0. The van der Waals surface area contributed by atoms with Crippen molar-refractivity contribution in [2.45, 2.75) is 63.8 Å². The highest BCUT2D eigenvalue weighted by Crippen LogP contribution is 2.44. The van der Waals surface area contributed by atoms with E-state index < -0.39 is 12.2 Å². The second-order valence-corrected chi connectivity index (χ2v) is 14.4. The van der Waals surface area contributed by atoms with Gasteiger partial charge in [-0.3, -0.25) is 4.79 Å². The van der Waals surface area contributed by atoms with Crippen LogP contribution in [0.1, 0.15) is 80.5 Å². The number of nitrogens with zero attached hydrogens (tertiary/aromatic N) is 1. The van der Waals surface area contributed by atoms with E-state index >= 15 is 0 Å². The highest BCUT2D eigenvalue weighted by molar-refractivity contribution is 9.10. The molecule has 11 heteroatoms. The van der Waals surface area contributed by atoms with E-state index in [2.05, 4.69) is 42.1 Å². The number of aliphatic hydroxyl groups excluding tert-OH is 2. The summed E-state index contributed by atoms with van der Waals surface area (Å²) in [6.45, 7) is 4.80. The van der Waals surface area contributed by atoms with Crippen molar-refractivity contribution in [2.24, 2.45) is 17.8 Å². The van der Waals surface area contributed by atoms with E-state index in [9.17, 15) is 28.2 Å². The molecule has 0 spiro atoms. The summed E-state index contributed by atoms with van der Waals surface area (Å²) in [6.07, 6.45) is 5.38. The normalized spacial score (nSPS) is 19.4. The number of hydrogen-bond donors (Lipinski definition) is 3. The van der Waals surface area contributed by atoms with Crippen LogP contribution in [-0.4, -0.2) is 42.4 Å². The number of piperazine rings is 1. The van der Waals surface area contributed by atoms with E-state index in [4.69, 9.17) is 4.74 Å². The Kier molecular flexibility index (Phi) is 12.4. The predicted octanol–water partition coefficient (Wildman–Crippen LogP) is 8.31. The largest absolute Gasteiger partial charge is 0.457 e. The molecule has 7 rings (SSSR count). The minimum atomic E-state index is -0.424. The highest BCUT2D eigenvalue weighted by atomic mass is 79.9. The smallest absolute Gasteiger partial charge is 0.303 e. The number of halogens is 5. The number of anilines is 1. The lowest BCUT2D eigenvalue weighted by molar-refractivity contribution is -0.147. The maximum absolute atomic E-state index is 13.9. The number of carbonyl (C=O) groups excluding carboxylic acids is 1. The molecule has 4 fully saturated rings. The van der Waals surface area contributed by atoms with Crippen molar-refractivity contribution in [3.05, 3.63) is 97.7 Å². The van der Waals surface area contributed by atoms with Crippen LogP contribution in [0.3, 0.4) is 0 Å². The fraction of sp³-hybridized carbons (Fsp3) is 0.472. The predicted molar refractivity (Wildman–Crippen MR) is 182 cm³/mol. The molecule has 3 aromatic rings. The van der Waals surface area contributed by atoms with Gasteiger partial charge in [0.2, 0.25) is 0 Å². The van der Waals surface area contributed by atoms with Crippen molar-refractivity contribution in [3.8, 4) is 0 Å². The summed E-state index contributed by atoms with van der Waals surface area (Å²) in [6, 6.07) is 14.4. The third-order valence-electron chi connectivity index (χ3n) is 8.81.